The monoisotopic (exact) mass is 269 g/mol. The standard InChI is InChI=1S/C11H9ClFN3O2/c12-7-3-6(1-2-8(7)13)16-11(18)4-10(17)9(5-14)15-16/h1-4,17H,5,14H2. The van der Waals surface area contributed by atoms with Gasteiger partial charge in [-0.2, -0.15) is 9.78 Å². The fourth-order valence-electron chi connectivity index (χ4n) is 1.43. The number of hydrogen-bond donors (Lipinski definition) is 2. The van der Waals surface area contributed by atoms with E-state index in [0.717, 1.165) is 16.8 Å². The molecule has 7 heteroatoms. The summed E-state index contributed by atoms with van der Waals surface area (Å²) in [7, 11) is 0. The number of halogens is 2. The summed E-state index contributed by atoms with van der Waals surface area (Å²) in [5, 5.41) is 13.2. The third-order valence-electron chi connectivity index (χ3n) is 2.33. The van der Waals surface area contributed by atoms with Gasteiger partial charge in [0.15, 0.2) is 0 Å². The number of aromatic hydroxyl groups is 1. The molecule has 0 aliphatic rings. The van der Waals surface area contributed by atoms with Crippen LogP contribution >= 0.6 is 11.6 Å². The highest BCUT2D eigenvalue weighted by molar-refractivity contribution is 6.30. The van der Waals surface area contributed by atoms with Gasteiger partial charge in [-0.05, 0) is 18.2 Å². The van der Waals surface area contributed by atoms with Crippen molar-refractivity contribution in [2.45, 2.75) is 6.54 Å². The van der Waals surface area contributed by atoms with Crippen LogP contribution in [0.2, 0.25) is 5.02 Å². The first-order valence-corrected chi connectivity index (χ1v) is 5.38. The highest BCUT2D eigenvalue weighted by Gasteiger charge is 2.09. The lowest BCUT2D eigenvalue weighted by Gasteiger charge is -2.08. The summed E-state index contributed by atoms with van der Waals surface area (Å²) in [6.45, 7) is -0.0267. The summed E-state index contributed by atoms with van der Waals surface area (Å²) in [6.07, 6.45) is 0. The first-order valence-electron chi connectivity index (χ1n) is 5.00. The molecule has 94 valence electrons. The number of rotatable bonds is 2. The molecular weight excluding hydrogens is 261 g/mol. The van der Waals surface area contributed by atoms with Crippen LogP contribution in [-0.4, -0.2) is 14.9 Å². The fraction of sp³-hybridized carbons (Fsp3) is 0.0909. The molecule has 0 radical (unpaired) electrons. The zero-order chi connectivity index (χ0) is 13.3. The van der Waals surface area contributed by atoms with Crippen molar-refractivity contribution >= 4 is 11.6 Å². The average Bonchev–Trinajstić information content (AvgIpc) is 2.33. The highest BCUT2D eigenvalue weighted by Crippen LogP contribution is 2.18. The summed E-state index contributed by atoms with van der Waals surface area (Å²) >= 11 is 5.63. The van der Waals surface area contributed by atoms with Gasteiger partial charge in [0, 0.05) is 12.6 Å². The molecule has 0 fully saturated rings. The van der Waals surface area contributed by atoms with Crippen LogP contribution in [0.25, 0.3) is 5.69 Å². The predicted molar refractivity (Wildman–Crippen MR) is 64.4 cm³/mol. The Labute approximate surface area is 106 Å². The van der Waals surface area contributed by atoms with E-state index in [-0.39, 0.29) is 23.0 Å². The topological polar surface area (TPSA) is 81.1 Å². The first-order chi connectivity index (χ1) is 8.52. The molecule has 1 aromatic heterocycles. The molecule has 0 aliphatic carbocycles. The minimum atomic E-state index is -0.591. The van der Waals surface area contributed by atoms with Gasteiger partial charge in [0.2, 0.25) is 0 Å². The Balaban J connectivity index is 2.63. The predicted octanol–water partition coefficient (Wildman–Crippen LogP) is 1.19. The van der Waals surface area contributed by atoms with Crippen molar-refractivity contribution in [3.63, 3.8) is 0 Å². The lowest BCUT2D eigenvalue weighted by atomic mass is 10.3. The number of nitrogens with two attached hydrogens (primary N) is 1. The molecule has 0 atom stereocenters. The van der Waals surface area contributed by atoms with Crippen molar-refractivity contribution in [3.05, 3.63) is 51.2 Å². The summed E-state index contributed by atoms with van der Waals surface area (Å²) in [5.41, 5.74) is 5.27. The second kappa shape index (κ2) is 4.75. The van der Waals surface area contributed by atoms with Gasteiger partial charge in [0.25, 0.3) is 5.56 Å². The third-order valence-corrected chi connectivity index (χ3v) is 2.62. The van der Waals surface area contributed by atoms with Gasteiger partial charge in [-0.3, -0.25) is 4.79 Å². The molecule has 0 saturated carbocycles. The van der Waals surface area contributed by atoms with E-state index in [1.807, 2.05) is 0 Å². The quantitative estimate of drug-likeness (QED) is 0.858. The molecule has 2 rings (SSSR count). The van der Waals surface area contributed by atoms with Crippen LogP contribution in [0.3, 0.4) is 0 Å². The lowest BCUT2D eigenvalue weighted by Crippen LogP contribution is -2.22. The summed E-state index contributed by atoms with van der Waals surface area (Å²) in [4.78, 5) is 11.7. The maximum atomic E-state index is 13.0. The molecule has 0 unspecified atom stereocenters. The van der Waals surface area contributed by atoms with Gasteiger partial charge in [-0.15, -0.1) is 0 Å². The Bertz CT molecular complexity index is 657. The van der Waals surface area contributed by atoms with Crippen molar-refractivity contribution in [1.29, 1.82) is 0 Å². The van der Waals surface area contributed by atoms with Crippen molar-refractivity contribution in [1.82, 2.24) is 9.78 Å². The molecule has 0 bridgehead atoms. The minimum absolute atomic E-state index is 0.0267. The minimum Gasteiger partial charge on any atom is -0.506 e. The van der Waals surface area contributed by atoms with Gasteiger partial charge in [-0.1, -0.05) is 11.6 Å². The van der Waals surface area contributed by atoms with Gasteiger partial charge in [0.1, 0.15) is 17.3 Å². The van der Waals surface area contributed by atoms with Crippen LogP contribution < -0.4 is 11.3 Å². The SMILES string of the molecule is NCc1nn(-c2ccc(F)c(Cl)c2)c(=O)cc1O. The van der Waals surface area contributed by atoms with Gasteiger partial charge in [0.05, 0.1) is 10.7 Å². The summed E-state index contributed by atoms with van der Waals surface area (Å²) in [6, 6.07) is 4.74. The van der Waals surface area contributed by atoms with E-state index in [2.05, 4.69) is 5.10 Å². The number of aromatic nitrogens is 2. The van der Waals surface area contributed by atoms with E-state index in [4.69, 9.17) is 17.3 Å². The molecule has 1 aromatic carbocycles. The van der Waals surface area contributed by atoms with Crippen LogP contribution in [0, 0.1) is 5.82 Å². The Morgan fingerprint density at radius 3 is 2.78 bits per heavy atom. The van der Waals surface area contributed by atoms with Gasteiger partial charge < -0.3 is 10.8 Å². The molecule has 0 spiro atoms. The maximum Gasteiger partial charge on any atom is 0.275 e. The Morgan fingerprint density at radius 1 is 1.44 bits per heavy atom. The van der Waals surface area contributed by atoms with Crippen LogP contribution in [-0.2, 0) is 6.54 Å². The number of hydrogen-bond acceptors (Lipinski definition) is 4. The lowest BCUT2D eigenvalue weighted by molar-refractivity contribution is 0.457. The molecule has 0 aliphatic heterocycles. The van der Waals surface area contributed by atoms with Crippen molar-refractivity contribution in [2.75, 3.05) is 0 Å². The molecular formula is C11H9ClFN3O2. The van der Waals surface area contributed by atoms with E-state index in [1.54, 1.807) is 0 Å². The average molecular weight is 270 g/mol. The molecule has 0 amide bonds. The van der Waals surface area contributed by atoms with E-state index >= 15 is 0 Å². The van der Waals surface area contributed by atoms with E-state index in [9.17, 15) is 14.3 Å². The van der Waals surface area contributed by atoms with E-state index in [0.29, 0.717) is 5.69 Å². The largest absolute Gasteiger partial charge is 0.506 e. The third kappa shape index (κ3) is 2.20. The Morgan fingerprint density at radius 2 is 2.17 bits per heavy atom. The highest BCUT2D eigenvalue weighted by atomic mass is 35.5. The van der Waals surface area contributed by atoms with Crippen LogP contribution in [0.1, 0.15) is 5.69 Å². The van der Waals surface area contributed by atoms with Crippen LogP contribution in [0.15, 0.2) is 29.1 Å². The molecule has 18 heavy (non-hydrogen) atoms. The first kappa shape index (κ1) is 12.5. The van der Waals surface area contributed by atoms with Crippen molar-refractivity contribution in [2.24, 2.45) is 5.73 Å². The van der Waals surface area contributed by atoms with Crippen molar-refractivity contribution < 1.29 is 9.50 Å². The number of benzene rings is 1. The van der Waals surface area contributed by atoms with E-state index in [1.165, 1.54) is 12.1 Å². The molecule has 3 N–H and O–H groups in total. The molecule has 1 heterocycles. The van der Waals surface area contributed by atoms with Crippen LogP contribution in [0.4, 0.5) is 4.39 Å². The summed E-state index contributed by atoms with van der Waals surface area (Å²) in [5.74, 6) is -0.863. The summed E-state index contributed by atoms with van der Waals surface area (Å²) < 4.78 is 14.0. The zero-order valence-corrected chi connectivity index (χ0v) is 9.86. The van der Waals surface area contributed by atoms with Crippen molar-refractivity contribution in [3.8, 4) is 11.4 Å². The fourth-order valence-corrected chi connectivity index (χ4v) is 1.60. The molecule has 5 nitrogen and oxygen atoms in total. The number of nitrogens with zero attached hydrogens (tertiary/aromatic N) is 2. The maximum absolute atomic E-state index is 13.0. The Kier molecular flexibility index (Phi) is 3.31. The smallest absolute Gasteiger partial charge is 0.275 e. The van der Waals surface area contributed by atoms with Crippen LogP contribution in [0.5, 0.6) is 5.75 Å². The van der Waals surface area contributed by atoms with Gasteiger partial charge >= 0.3 is 0 Å². The van der Waals surface area contributed by atoms with E-state index < -0.39 is 11.4 Å². The second-order valence-electron chi connectivity index (χ2n) is 3.53. The Hall–Kier alpha value is -1.92. The molecule has 2 aromatic rings. The normalized spacial score (nSPS) is 10.6. The molecule has 0 saturated heterocycles. The second-order valence-corrected chi connectivity index (χ2v) is 3.94. The zero-order valence-electron chi connectivity index (χ0n) is 9.10. The van der Waals surface area contributed by atoms with Gasteiger partial charge in [-0.25, -0.2) is 4.39 Å².